The van der Waals surface area contributed by atoms with Crippen molar-refractivity contribution in [3.8, 4) is 17.0 Å². The lowest BCUT2D eigenvalue weighted by atomic mass is 9.76. The Labute approximate surface area is 251 Å². The maximum atomic E-state index is 14.5. The molecule has 3 N–H and O–H groups in total. The number of piperidine rings is 1. The van der Waals surface area contributed by atoms with Crippen LogP contribution in [0.2, 0.25) is 10.0 Å². The van der Waals surface area contributed by atoms with E-state index in [1.54, 1.807) is 31.2 Å². The number of hydrogen-bond donors (Lipinski definition) is 2. The van der Waals surface area contributed by atoms with Gasteiger partial charge in [0.05, 0.1) is 6.61 Å². The summed E-state index contributed by atoms with van der Waals surface area (Å²) in [6, 6.07) is 11.6. The van der Waals surface area contributed by atoms with Crippen molar-refractivity contribution < 1.29 is 27.4 Å². The van der Waals surface area contributed by atoms with Crippen molar-refractivity contribution in [1.82, 2.24) is 15.3 Å². The summed E-state index contributed by atoms with van der Waals surface area (Å²) in [5.74, 6) is -0.398. The molecule has 2 aromatic carbocycles. The second kappa shape index (κ2) is 12.1. The molecule has 1 unspecified atom stereocenters. The molecule has 0 bridgehead atoms. The molecule has 2 aliphatic rings. The molecule has 13 heteroatoms. The number of hydrogen-bond acceptors (Lipinski definition) is 8. The van der Waals surface area contributed by atoms with Gasteiger partial charge < -0.3 is 25.4 Å². The first-order valence-electron chi connectivity index (χ1n) is 13.5. The fourth-order valence-electron chi connectivity index (χ4n) is 5.66. The van der Waals surface area contributed by atoms with E-state index in [1.807, 2.05) is 4.90 Å². The summed E-state index contributed by atoms with van der Waals surface area (Å²) < 4.78 is 54.3. The molecule has 1 aromatic heterocycles. The second-order valence-electron chi connectivity index (χ2n) is 10.6. The van der Waals surface area contributed by atoms with Crippen LogP contribution in [-0.4, -0.2) is 54.4 Å². The van der Waals surface area contributed by atoms with E-state index in [0.29, 0.717) is 49.1 Å². The van der Waals surface area contributed by atoms with Gasteiger partial charge in [0.2, 0.25) is 17.9 Å². The Morgan fingerprint density at radius 2 is 1.88 bits per heavy atom. The molecule has 3 heterocycles. The minimum absolute atomic E-state index is 0.0709. The summed E-state index contributed by atoms with van der Waals surface area (Å²) in [6.07, 6.45) is -4.99. The van der Waals surface area contributed by atoms with Crippen LogP contribution in [0.15, 0.2) is 48.5 Å². The van der Waals surface area contributed by atoms with E-state index in [0.717, 1.165) is 12.8 Å². The van der Waals surface area contributed by atoms with Gasteiger partial charge in [0.1, 0.15) is 11.9 Å². The molecule has 1 spiro atoms. The van der Waals surface area contributed by atoms with Crippen LogP contribution in [0.3, 0.4) is 0 Å². The van der Waals surface area contributed by atoms with Gasteiger partial charge in [-0.2, -0.15) is 23.1 Å². The van der Waals surface area contributed by atoms with Crippen molar-refractivity contribution in [3.63, 3.8) is 0 Å². The van der Waals surface area contributed by atoms with Crippen molar-refractivity contribution in [2.45, 2.75) is 44.5 Å². The Morgan fingerprint density at radius 3 is 2.57 bits per heavy atom. The van der Waals surface area contributed by atoms with Crippen molar-refractivity contribution >= 4 is 40.9 Å². The number of rotatable bonds is 7. The molecule has 2 aliphatic heterocycles. The highest BCUT2D eigenvalue weighted by Gasteiger charge is 2.46. The van der Waals surface area contributed by atoms with E-state index in [1.165, 1.54) is 24.3 Å². The number of nitrogen functional groups attached to an aromatic ring is 1. The number of carbonyl (C=O) groups excluding carboxylic acids is 1. The molecule has 0 amide bonds. The average Bonchev–Trinajstić information content (AvgIpc) is 3.35. The fourth-order valence-corrected chi connectivity index (χ4v) is 6.02. The quantitative estimate of drug-likeness (QED) is 0.299. The van der Waals surface area contributed by atoms with Crippen molar-refractivity contribution in [1.29, 1.82) is 0 Å². The van der Waals surface area contributed by atoms with E-state index < -0.39 is 12.3 Å². The van der Waals surface area contributed by atoms with Gasteiger partial charge >= 0.3 is 12.1 Å². The number of carbonyl (C=O) groups is 1. The van der Waals surface area contributed by atoms with E-state index in [4.69, 9.17) is 38.4 Å². The highest BCUT2D eigenvalue weighted by molar-refractivity contribution is 6.31. The molecule has 3 aromatic rings. The zero-order chi connectivity index (χ0) is 30.1. The smallest absolute Gasteiger partial charge is 0.429 e. The van der Waals surface area contributed by atoms with E-state index in [-0.39, 0.29) is 45.4 Å². The molecule has 2 fully saturated rings. The van der Waals surface area contributed by atoms with Crippen molar-refractivity contribution in [2.75, 3.05) is 36.9 Å². The van der Waals surface area contributed by atoms with Crippen LogP contribution in [0.1, 0.15) is 37.9 Å². The second-order valence-corrected chi connectivity index (χ2v) is 11.5. The number of esters is 1. The molecule has 2 saturated heterocycles. The largest absolute Gasteiger partial charge is 0.465 e. The molecule has 0 aliphatic carbocycles. The summed E-state index contributed by atoms with van der Waals surface area (Å²) in [7, 11) is 0. The van der Waals surface area contributed by atoms with E-state index in [9.17, 15) is 18.0 Å². The van der Waals surface area contributed by atoms with Crippen LogP contribution in [-0.2, 0) is 9.53 Å². The third-order valence-corrected chi connectivity index (χ3v) is 8.23. The number of nitrogens with zero attached hydrogens (tertiary/aromatic N) is 3. The van der Waals surface area contributed by atoms with Gasteiger partial charge in [0, 0.05) is 41.3 Å². The molecular formula is C29H30Cl2F3N5O3. The topological polar surface area (TPSA) is 103 Å². The molecule has 0 radical (unpaired) electrons. The number of benzene rings is 2. The average molecular weight is 624 g/mol. The number of halogens is 5. The highest BCUT2D eigenvalue weighted by atomic mass is 35.5. The van der Waals surface area contributed by atoms with Crippen molar-refractivity contribution in [2.24, 2.45) is 5.41 Å². The Morgan fingerprint density at radius 1 is 1.14 bits per heavy atom. The summed E-state index contributed by atoms with van der Waals surface area (Å²) in [5, 5.41) is 3.89. The van der Waals surface area contributed by atoms with Gasteiger partial charge in [-0.05, 0) is 67.0 Å². The maximum Gasteiger partial charge on any atom is 0.429 e. The van der Waals surface area contributed by atoms with Crippen LogP contribution in [0, 0.1) is 5.41 Å². The number of ether oxygens (including phenoxy) is 2. The van der Waals surface area contributed by atoms with Crippen LogP contribution in [0.25, 0.3) is 11.1 Å². The number of aromatic nitrogens is 2. The van der Waals surface area contributed by atoms with Gasteiger partial charge in [-0.3, -0.25) is 4.79 Å². The first-order valence-corrected chi connectivity index (χ1v) is 14.3. The van der Waals surface area contributed by atoms with Crippen LogP contribution in [0.4, 0.5) is 24.9 Å². The molecule has 2 atom stereocenters. The maximum absolute atomic E-state index is 14.5. The Hall–Kier alpha value is -3.28. The van der Waals surface area contributed by atoms with Crippen molar-refractivity contribution in [3.05, 3.63) is 64.1 Å². The molecule has 0 saturated carbocycles. The lowest BCUT2D eigenvalue weighted by molar-refractivity contribution is -0.198. The first kappa shape index (κ1) is 30.2. The van der Waals surface area contributed by atoms with Gasteiger partial charge in [0.15, 0.2) is 0 Å². The molecule has 42 heavy (non-hydrogen) atoms. The third kappa shape index (κ3) is 6.68. The molecular weight excluding hydrogens is 594 g/mol. The Kier molecular flexibility index (Phi) is 8.73. The molecule has 8 nitrogen and oxygen atoms in total. The lowest BCUT2D eigenvalue weighted by Crippen LogP contribution is -2.41. The summed E-state index contributed by atoms with van der Waals surface area (Å²) in [6.45, 7) is 3.94. The van der Waals surface area contributed by atoms with Gasteiger partial charge in [0.25, 0.3) is 0 Å². The van der Waals surface area contributed by atoms with Crippen LogP contribution in [0.5, 0.6) is 5.88 Å². The van der Waals surface area contributed by atoms with Crippen LogP contribution < -0.4 is 20.7 Å². The number of alkyl halides is 3. The SMILES string of the molecule is CCOC(=O)C1CC2(CCN(c3cc(O[C@H](c4ccc(Cl)cc4-c4cccc(Cl)c4)C(F)(F)F)nc(N)n3)CC2)CN1. The lowest BCUT2D eigenvalue weighted by Gasteiger charge is -2.39. The zero-order valence-corrected chi connectivity index (χ0v) is 24.3. The van der Waals surface area contributed by atoms with Crippen LogP contribution >= 0.6 is 23.2 Å². The number of anilines is 2. The first-order chi connectivity index (χ1) is 20.0. The predicted molar refractivity (Wildman–Crippen MR) is 155 cm³/mol. The standard InChI is InChI=1S/C29H30Cl2F3N5O3/c1-2-41-26(40)22-15-28(16-36-22)8-10-39(11-9-28)23-14-24(38-27(35)37-23)42-25(29(32,33)34)20-7-6-19(31)13-21(20)17-4-3-5-18(30)12-17/h3-7,12-14,22,25,36H,2,8-11,15-16H2,1H3,(H2,35,37,38)/t22?,25-/m1/s1. The predicted octanol–water partition coefficient (Wildman–Crippen LogP) is 6.23. The number of nitrogens with one attached hydrogen (secondary N) is 1. The van der Waals surface area contributed by atoms with Gasteiger partial charge in [-0.25, -0.2) is 0 Å². The Balaban J connectivity index is 1.37. The van der Waals surface area contributed by atoms with E-state index in [2.05, 4.69) is 15.3 Å². The van der Waals surface area contributed by atoms with E-state index >= 15 is 0 Å². The highest BCUT2D eigenvalue weighted by Crippen LogP contribution is 2.43. The minimum atomic E-state index is -4.80. The Bertz CT molecular complexity index is 1450. The third-order valence-electron chi connectivity index (χ3n) is 7.76. The monoisotopic (exact) mass is 623 g/mol. The summed E-state index contributed by atoms with van der Waals surface area (Å²) >= 11 is 12.3. The molecule has 224 valence electrons. The fraction of sp³-hybridized carbons (Fsp3) is 0.414. The zero-order valence-electron chi connectivity index (χ0n) is 22.8. The summed E-state index contributed by atoms with van der Waals surface area (Å²) in [4.78, 5) is 22.4. The van der Waals surface area contributed by atoms with Gasteiger partial charge in [-0.15, -0.1) is 0 Å². The number of nitrogens with two attached hydrogens (primary N) is 1. The van der Waals surface area contributed by atoms with Gasteiger partial charge in [-0.1, -0.05) is 41.4 Å². The summed E-state index contributed by atoms with van der Waals surface area (Å²) in [5.41, 5.74) is 6.39. The molecule has 5 rings (SSSR count). The normalized spacial score (nSPS) is 19.1. The minimum Gasteiger partial charge on any atom is -0.465 e.